The number of Topliss-reactive ketones (excluding diaryl/α,β-unsaturated/α-hetero) is 1. The second kappa shape index (κ2) is 7.08. The molecule has 6 heteroatoms. The van der Waals surface area contributed by atoms with Crippen LogP contribution in [-0.2, 0) is 4.79 Å². The Morgan fingerprint density at radius 1 is 1.21 bits per heavy atom. The predicted molar refractivity (Wildman–Crippen MR) is 86.8 cm³/mol. The van der Waals surface area contributed by atoms with Crippen LogP contribution in [-0.4, -0.2) is 11.7 Å². The Morgan fingerprint density at radius 3 is 2.42 bits per heavy atom. The Morgan fingerprint density at radius 2 is 1.88 bits per heavy atom. The van der Waals surface area contributed by atoms with Gasteiger partial charge in [-0.2, -0.15) is 10.5 Å². The van der Waals surface area contributed by atoms with Crippen molar-refractivity contribution in [1.29, 1.82) is 10.5 Å². The summed E-state index contributed by atoms with van der Waals surface area (Å²) < 4.78 is 5.30. The van der Waals surface area contributed by atoms with Crippen LogP contribution in [0.3, 0.4) is 0 Å². The first-order valence-corrected chi connectivity index (χ1v) is 7.00. The van der Waals surface area contributed by atoms with Gasteiger partial charge in [-0.3, -0.25) is 14.9 Å². The highest BCUT2D eigenvalue weighted by atomic mass is 16.4. The maximum atomic E-state index is 12.3. The summed E-state index contributed by atoms with van der Waals surface area (Å²) >= 11 is 0. The maximum Gasteiger partial charge on any atom is 0.268 e. The zero-order valence-electron chi connectivity index (χ0n) is 13.1. The summed E-state index contributed by atoms with van der Waals surface area (Å²) in [4.78, 5) is 23.8. The highest BCUT2D eigenvalue weighted by Crippen LogP contribution is 2.27. The van der Waals surface area contributed by atoms with E-state index >= 15 is 0 Å². The minimum absolute atomic E-state index is 0.0506. The predicted octanol–water partition coefficient (Wildman–Crippen LogP) is 3.21. The summed E-state index contributed by atoms with van der Waals surface area (Å²) in [7, 11) is 0. The first kappa shape index (κ1) is 16.7. The normalized spacial score (nSPS) is 10.6. The molecule has 1 N–H and O–H groups in total. The Balaban J connectivity index is 2.35. The molecule has 0 aliphatic rings. The number of carbonyl (C=O) groups is 2. The van der Waals surface area contributed by atoms with E-state index < -0.39 is 5.91 Å². The van der Waals surface area contributed by atoms with E-state index in [4.69, 9.17) is 4.42 Å². The molecule has 0 spiro atoms. The van der Waals surface area contributed by atoms with Crippen molar-refractivity contribution in [2.75, 3.05) is 5.32 Å². The van der Waals surface area contributed by atoms with Crippen LogP contribution in [0.4, 0.5) is 5.88 Å². The number of carbonyl (C=O) groups excluding carboxylic acids is 2. The number of aryl methyl sites for hydroxylation is 1. The van der Waals surface area contributed by atoms with Gasteiger partial charge in [0.15, 0.2) is 5.78 Å². The van der Waals surface area contributed by atoms with Gasteiger partial charge < -0.3 is 4.42 Å². The average Bonchev–Trinajstić information content (AvgIpc) is 2.88. The highest BCUT2D eigenvalue weighted by Gasteiger charge is 2.23. The van der Waals surface area contributed by atoms with Gasteiger partial charge >= 0.3 is 0 Å². The second-order valence-electron chi connectivity index (χ2n) is 4.94. The number of benzene rings is 1. The molecule has 0 saturated heterocycles. The molecule has 0 radical (unpaired) electrons. The molecular formula is C18H13N3O3. The maximum absolute atomic E-state index is 12.3. The molecule has 0 atom stereocenters. The van der Waals surface area contributed by atoms with Crippen molar-refractivity contribution < 1.29 is 14.0 Å². The van der Waals surface area contributed by atoms with E-state index in [1.165, 1.54) is 19.9 Å². The zero-order chi connectivity index (χ0) is 17.7. The summed E-state index contributed by atoms with van der Waals surface area (Å²) in [5.41, 5.74) is 0.608. The van der Waals surface area contributed by atoms with Gasteiger partial charge in [0.25, 0.3) is 5.91 Å². The molecule has 1 amide bonds. The number of amides is 1. The molecule has 6 nitrogen and oxygen atoms in total. The molecule has 1 aromatic carbocycles. The van der Waals surface area contributed by atoms with Gasteiger partial charge in [-0.25, -0.2) is 0 Å². The van der Waals surface area contributed by atoms with Crippen molar-refractivity contribution in [2.24, 2.45) is 0 Å². The van der Waals surface area contributed by atoms with Gasteiger partial charge in [-0.15, -0.1) is 0 Å². The summed E-state index contributed by atoms with van der Waals surface area (Å²) in [6.45, 7) is 2.83. The van der Waals surface area contributed by atoms with Crippen LogP contribution in [0.2, 0.25) is 0 Å². The number of rotatable bonds is 4. The lowest BCUT2D eigenvalue weighted by Crippen LogP contribution is -2.14. The molecule has 1 heterocycles. The lowest BCUT2D eigenvalue weighted by atomic mass is 10.1. The van der Waals surface area contributed by atoms with E-state index in [1.807, 2.05) is 18.2 Å². The van der Waals surface area contributed by atoms with Crippen LogP contribution in [0.15, 0.2) is 40.3 Å². The van der Waals surface area contributed by atoms with Gasteiger partial charge in [0.05, 0.1) is 5.56 Å². The number of nitriles is 2. The van der Waals surface area contributed by atoms with E-state index in [-0.39, 0.29) is 34.1 Å². The van der Waals surface area contributed by atoms with E-state index in [0.717, 1.165) is 0 Å². The largest absolute Gasteiger partial charge is 0.443 e. The second-order valence-corrected chi connectivity index (χ2v) is 4.94. The Kier molecular flexibility index (Phi) is 4.93. The summed E-state index contributed by atoms with van der Waals surface area (Å²) in [6, 6.07) is 12.5. The molecular weight excluding hydrogens is 306 g/mol. The number of anilines is 1. The number of ketones is 1. The summed E-state index contributed by atoms with van der Waals surface area (Å²) in [5.74, 6) is -0.963. The Hall–Kier alpha value is -3.64. The van der Waals surface area contributed by atoms with Crippen LogP contribution in [0.5, 0.6) is 0 Å². The van der Waals surface area contributed by atoms with Gasteiger partial charge in [-0.05, 0) is 25.5 Å². The van der Waals surface area contributed by atoms with Crippen LogP contribution in [0.25, 0.3) is 6.08 Å². The van der Waals surface area contributed by atoms with Crippen LogP contribution >= 0.6 is 0 Å². The third-order valence-corrected chi connectivity index (χ3v) is 3.25. The lowest BCUT2D eigenvalue weighted by molar-refractivity contribution is -0.112. The van der Waals surface area contributed by atoms with E-state index in [9.17, 15) is 20.1 Å². The third-order valence-electron chi connectivity index (χ3n) is 3.25. The van der Waals surface area contributed by atoms with E-state index in [1.54, 1.807) is 24.3 Å². The van der Waals surface area contributed by atoms with Crippen molar-refractivity contribution >= 4 is 23.7 Å². The molecule has 118 valence electrons. The SMILES string of the molecule is CC(=O)c1c(C)oc(NC(=O)/C(C#N)=C/c2ccccc2)c1C#N. The molecule has 0 aliphatic heterocycles. The molecule has 24 heavy (non-hydrogen) atoms. The van der Waals surface area contributed by atoms with E-state index in [2.05, 4.69) is 5.32 Å². The van der Waals surface area contributed by atoms with Gasteiger partial charge in [0.2, 0.25) is 5.88 Å². The number of nitrogens with zero attached hydrogens (tertiary/aromatic N) is 2. The quantitative estimate of drug-likeness (QED) is 0.529. The van der Waals surface area contributed by atoms with Gasteiger partial charge in [-0.1, -0.05) is 30.3 Å². The van der Waals surface area contributed by atoms with Crippen molar-refractivity contribution in [1.82, 2.24) is 0 Å². The summed E-state index contributed by atoms with van der Waals surface area (Å²) in [6.07, 6.45) is 1.42. The fourth-order valence-corrected chi connectivity index (χ4v) is 2.20. The molecule has 0 aliphatic carbocycles. The lowest BCUT2D eigenvalue weighted by Gasteiger charge is -2.01. The molecule has 2 rings (SSSR count). The number of furan rings is 1. The highest BCUT2D eigenvalue weighted by molar-refractivity contribution is 6.10. The van der Waals surface area contributed by atoms with Crippen molar-refractivity contribution in [3.05, 3.63) is 58.4 Å². The fraction of sp³-hybridized carbons (Fsp3) is 0.111. The van der Waals surface area contributed by atoms with Crippen LogP contribution < -0.4 is 5.32 Å². The van der Waals surface area contributed by atoms with Gasteiger partial charge in [0, 0.05) is 0 Å². The van der Waals surface area contributed by atoms with Crippen molar-refractivity contribution in [2.45, 2.75) is 13.8 Å². The third kappa shape index (κ3) is 3.40. The molecule has 0 fully saturated rings. The van der Waals surface area contributed by atoms with Gasteiger partial charge in [0.1, 0.15) is 29.0 Å². The minimum atomic E-state index is -0.721. The van der Waals surface area contributed by atoms with Crippen molar-refractivity contribution in [3.63, 3.8) is 0 Å². The van der Waals surface area contributed by atoms with Crippen molar-refractivity contribution in [3.8, 4) is 12.1 Å². The van der Waals surface area contributed by atoms with Crippen LogP contribution in [0, 0.1) is 29.6 Å². The molecule has 0 bridgehead atoms. The number of hydrogen-bond donors (Lipinski definition) is 1. The Bertz CT molecular complexity index is 909. The molecule has 0 unspecified atom stereocenters. The monoisotopic (exact) mass is 319 g/mol. The topological polar surface area (TPSA) is 107 Å². The minimum Gasteiger partial charge on any atom is -0.443 e. The molecule has 0 saturated carbocycles. The fourth-order valence-electron chi connectivity index (χ4n) is 2.20. The first-order valence-electron chi connectivity index (χ1n) is 7.00. The standard InChI is InChI=1S/C18H13N3O3/c1-11(22)16-12(2)24-18(15(16)10-20)21-17(23)14(9-19)8-13-6-4-3-5-7-13/h3-8H,1-2H3,(H,21,23)/b14-8+. The Labute approximate surface area is 138 Å². The number of hydrogen-bond acceptors (Lipinski definition) is 5. The molecule has 2 aromatic rings. The zero-order valence-corrected chi connectivity index (χ0v) is 13.1. The first-order chi connectivity index (χ1) is 11.5. The van der Waals surface area contributed by atoms with Crippen LogP contribution in [0.1, 0.15) is 34.2 Å². The molecule has 1 aromatic heterocycles. The number of nitrogens with one attached hydrogen (secondary N) is 1. The smallest absolute Gasteiger partial charge is 0.268 e. The van der Waals surface area contributed by atoms with E-state index in [0.29, 0.717) is 5.56 Å². The average molecular weight is 319 g/mol. The summed E-state index contributed by atoms with van der Waals surface area (Å²) in [5, 5.41) is 20.8.